The van der Waals surface area contributed by atoms with Gasteiger partial charge in [-0.25, -0.2) is 23.7 Å². The van der Waals surface area contributed by atoms with Crippen molar-refractivity contribution < 1.29 is 35.1 Å². The number of rotatable bonds is 5. The molecule has 0 saturated carbocycles. The van der Waals surface area contributed by atoms with Gasteiger partial charge in [0.2, 0.25) is 0 Å². The van der Waals surface area contributed by atoms with E-state index in [1.807, 2.05) is 60.7 Å². The van der Waals surface area contributed by atoms with E-state index in [0.29, 0.717) is 34.4 Å². The van der Waals surface area contributed by atoms with Crippen molar-refractivity contribution in [3.05, 3.63) is 156 Å². The monoisotopic (exact) mass is 722 g/mol. The molecule has 4 nitrogen and oxygen atoms in total. The van der Waals surface area contributed by atoms with Crippen LogP contribution in [-0.4, -0.2) is 19.5 Å². The van der Waals surface area contributed by atoms with Crippen LogP contribution in [0.2, 0.25) is 0 Å². The summed E-state index contributed by atoms with van der Waals surface area (Å²) in [6, 6.07) is 31.6. The van der Waals surface area contributed by atoms with Crippen molar-refractivity contribution in [3.8, 4) is 51.0 Å². The van der Waals surface area contributed by atoms with Crippen LogP contribution in [0.25, 0.3) is 72.8 Å². The smallest absolute Gasteiger partial charge is 0.309 e. The van der Waals surface area contributed by atoms with E-state index < -0.39 is 35.1 Å². The minimum absolute atomic E-state index is 0.0503. The third-order valence-corrected chi connectivity index (χ3v) is 8.84. The SMILES string of the molecule is Fc1ccc(-c2cc(-n3c4ccc(C(F)(F)F)cc4c4cc(C(F)(F)F)ccc43)ccc2-c2nc(-c3ccccc3)nc(-c3ccccc3)n2)c(F)c1. The first kappa shape index (κ1) is 33.7. The fourth-order valence-electron chi connectivity index (χ4n) is 6.38. The van der Waals surface area contributed by atoms with Crippen LogP contribution in [0.1, 0.15) is 11.1 Å². The van der Waals surface area contributed by atoms with Gasteiger partial charge in [-0.3, -0.25) is 0 Å². The van der Waals surface area contributed by atoms with Gasteiger partial charge in [0, 0.05) is 44.8 Å². The van der Waals surface area contributed by atoms with Crippen LogP contribution in [0.15, 0.2) is 133 Å². The number of alkyl halides is 6. The van der Waals surface area contributed by atoms with Gasteiger partial charge < -0.3 is 4.57 Å². The lowest BCUT2D eigenvalue weighted by atomic mass is 9.97. The molecule has 8 aromatic rings. The zero-order valence-corrected chi connectivity index (χ0v) is 27.0. The molecular formula is C41H22F8N4. The van der Waals surface area contributed by atoms with E-state index in [1.165, 1.54) is 28.8 Å². The van der Waals surface area contributed by atoms with Crippen molar-refractivity contribution in [3.63, 3.8) is 0 Å². The van der Waals surface area contributed by atoms with Crippen molar-refractivity contribution in [1.82, 2.24) is 19.5 Å². The van der Waals surface area contributed by atoms with Crippen LogP contribution < -0.4 is 0 Å². The van der Waals surface area contributed by atoms with Crippen molar-refractivity contribution in [2.75, 3.05) is 0 Å². The highest BCUT2D eigenvalue weighted by Crippen LogP contribution is 2.42. The third-order valence-electron chi connectivity index (χ3n) is 8.84. The number of hydrogen-bond donors (Lipinski definition) is 0. The Kier molecular flexibility index (Phi) is 8.05. The minimum Gasteiger partial charge on any atom is -0.309 e. The average molecular weight is 723 g/mol. The Labute approximate surface area is 295 Å². The number of hydrogen-bond acceptors (Lipinski definition) is 3. The fraction of sp³-hybridized carbons (Fsp3) is 0.0488. The van der Waals surface area contributed by atoms with Crippen LogP contribution in [0.5, 0.6) is 0 Å². The van der Waals surface area contributed by atoms with Crippen LogP contribution >= 0.6 is 0 Å². The van der Waals surface area contributed by atoms with Crippen LogP contribution in [0.4, 0.5) is 35.1 Å². The first-order valence-electron chi connectivity index (χ1n) is 16.0. The molecule has 0 aliphatic rings. The van der Waals surface area contributed by atoms with Gasteiger partial charge in [0.1, 0.15) is 11.6 Å². The maximum absolute atomic E-state index is 15.7. The first-order valence-corrected chi connectivity index (χ1v) is 16.0. The molecule has 262 valence electrons. The van der Waals surface area contributed by atoms with Crippen molar-refractivity contribution in [1.29, 1.82) is 0 Å². The molecule has 0 amide bonds. The van der Waals surface area contributed by atoms with E-state index in [4.69, 9.17) is 15.0 Å². The molecule has 0 radical (unpaired) electrons. The summed E-state index contributed by atoms with van der Waals surface area (Å²) >= 11 is 0. The second-order valence-electron chi connectivity index (χ2n) is 12.2. The quantitative estimate of drug-likeness (QED) is 0.166. The Balaban J connectivity index is 1.41. The molecule has 2 heterocycles. The van der Waals surface area contributed by atoms with Gasteiger partial charge in [0.05, 0.1) is 22.2 Å². The second kappa shape index (κ2) is 12.7. The highest BCUT2D eigenvalue weighted by molar-refractivity contribution is 6.10. The van der Waals surface area contributed by atoms with Gasteiger partial charge in [-0.05, 0) is 72.3 Å². The predicted octanol–water partition coefficient (Wildman–Crippen LogP) is 12.0. The number of halogens is 8. The summed E-state index contributed by atoms with van der Waals surface area (Å²) in [7, 11) is 0. The lowest BCUT2D eigenvalue weighted by molar-refractivity contribution is -0.138. The lowest BCUT2D eigenvalue weighted by Crippen LogP contribution is -2.04. The topological polar surface area (TPSA) is 43.6 Å². The predicted molar refractivity (Wildman–Crippen MR) is 186 cm³/mol. The van der Waals surface area contributed by atoms with Gasteiger partial charge in [-0.15, -0.1) is 0 Å². The molecule has 0 spiro atoms. The van der Waals surface area contributed by atoms with E-state index in [-0.39, 0.29) is 44.4 Å². The molecule has 12 heteroatoms. The molecule has 8 rings (SSSR count). The van der Waals surface area contributed by atoms with Gasteiger partial charge in [-0.2, -0.15) is 26.3 Å². The summed E-state index contributed by atoms with van der Waals surface area (Å²) < 4.78 is 114. The summed E-state index contributed by atoms with van der Waals surface area (Å²) in [5.74, 6) is -0.990. The Morgan fingerprint density at radius 3 is 1.42 bits per heavy atom. The zero-order valence-electron chi connectivity index (χ0n) is 27.0. The molecule has 53 heavy (non-hydrogen) atoms. The first-order chi connectivity index (χ1) is 25.3. The van der Waals surface area contributed by atoms with Gasteiger partial charge in [0.15, 0.2) is 17.5 Å². The Hall–Kier alpha value is -6.43. The zero-order chi connectivity index (χ0) is 37.1. The van der Waals surface area contributed by atoms with Crippen LogP contribution in [0.3, 0.4) is 0 Å². The maximum atomic E-state index is 15.7. The molecule has 0 aliphatic heterocycles. The molecule has 0 unspecified atom stereocenters. The molecule has 6 aromatic carbocycles. The summed E-state index contributed by atoms with van der Waals surface area (Å²) in [5.41, 5.74) is 0.300. The van der Waals surface area contributed by atoms with E-state index in [2.05, 4.69) is 0 Å². The molecule has 0 N–H and O–H groups in total. The largest absolute Gasteiger partial charge is 0.416 e. The Morgan fingerprint density at radius 1 is 0.434 bits per heavy atom. The summed E-state index contributed by atoms with van der Waals surface area (Å²) in [6.45, 7) is 0. The van der Waals surface area contributed by atoms with E-state index in [0.717, 1.165) is 30.3 Å². The van der Waals surface area contributed by atoms with E-state index in [9.17, 15) is 30.7 Å². The number of aromatic nitrogens is 4. The molecule has 0 bridgehead atoms. The third kappa shape index (κ3) is 6.26. The summed E-state index contributed by atoms with van der Waals surface area (Å²) in [6.07, 6.45) is -9.53. The highest BCUT2D eigenvalue weighted by Gasteiger charge is 2.33. The van der Waals surface area contributed by atoms with Crippen molar-refractivity contribution in [2.45, 2.75) is 12.4 Å². The van der Waals surface area contributed by atoms with E-state index >= 15 is 4.39 Å². The molecular weight excluding hydrogens is 700 g/mol. The van der Waals surface area contributed by atoms with Gasteiger partial charge in [0.25, 0.3) is 0 Å². The van der Waals surface area contributed by atoms with Crippen LogP contribution in [0, 0.1) is 11.6 Å². The molecule has 0 saturated heterocycles. The second-order valence-corrected chi connectivity index (χ2v) is 12.2. The van der Waals surface area contributed by atoms with Crippen LogP contribution in [-0.2, 0) is 12.4 Å². The Morgan fingerprint density at radius 2 is 0.925 bits per heavy atom. The molecule has 0 fully saturated rings. The molecule has 0 aliphatic carbocycles. The maximum Gasteiger partial charge on any atom is 0.416 e. The standard InChI is InChI=1S/C41H22F8N4/c42-27-13-15-29(34(43)21-27)31-22-28(53-35-17-11-25(40(44,45)46)19-32(35)33-20-26(41(47,48)49)12-18-36(33)53)14-16-30(31)39-51-37(23-7-3-1-4-8-23)50-38(52-39)24-9-5-2-6-10-24/h1-22H. The number of benzene rings is 6. The van der Waals surface area contributed by atoms with Gasteiger partial charge >= 0.3 is 12.4 Å². The number of fused-ring (bicyclic) bond motifs is 3. The van der Waals surface area contributed by atoms with Crippen molar-refractivity contribution >= 4 is 21.8 Å². The number of nitrogens with zero attached hydrogens (tertiary/aromatic N) is 4. The minimum atomic E-state index is -4.76. The van der Waals surface area contributed by atoms with Crippen molar-refractivity contribution in [2.24, 2.45) is 0 Å². The summed E-state index contributed by atoms with van der Waals surface area (Å²) in [5, 5.41) is -0.144. The fourth-order valence-corrected chi connectivity index (χ4v) is 6.38. The normalized spacial score (nSPS) is 12.2. The van der Waals surface area contributed by atoms with E-state index in [1.54, 1.807) is 12.1 Å². The van der Waals surface area contributed by atoms with Gasteiger partial charge in [-0.1, -0.05) is 60.7 Å². The highest BCUT2D eigenvalue weighted by atomic mass is 19.4. The molecule has 0 atom stereocenters. The summed E-state index contributed by atoms with van der Waals surface area (Å²) in [4.78, 5) is 14.2. The average Bonchev–Trinajstić information content (AvgIpc) is 3.48. The molecule has 2 aromatic heterocycles. The lowest BCUT2D eigenvalue weighted by Gasteiger charge is -2.16. The Bertz CT molecular complexity index is 2540.